The van der Waals surface area contributed by atoms with E-state index in [1.54, 1.807) is 0 Å². The molecule has 0 aromatic heterocycles. The van der Waals surface area contributed by atoms with Gasteiger partial charge >= 0.3 is 0 Å². The Labute approximate surface area is 349 Å². The van der Waals surface area contributed by atoms with Crippen LogP contribution in [0.3, 0.4) is 0 Å². The maximum absolute atomic E-state index is 4.17. The quantitative estimate of drug-likeness (QED) is 0.0498. The van der Waals surface area contributed by atoms with E-state index < -0.39 is 0 Å². The van der Waals surface area contributed by atoms with Crippen molar-refractivity contribution in [1.29, 1.82) is 0 Å². The van der Waals surface area contributed by atoms with Crippen LogP contribution >= 0.6 is 0 Å². The van der Waals surface area contributed by atoms with Gasteiger partial charge in [0, 0.05) is 52.8 Å². The number of hydrogen-bond acceptors (Lipinski definition) is 4. The number of nitrogens with zero attached hydrogens (tertiary/aromatic N) is 3. The fourth-order valence-corrected chi connectivity index (χ4v) is 7.70. The Kier molecular flexibility index (Phi) is 43.0. The summed E-state index contributed by atoms with van der Waals surface area (Å²) in [6.45, 7) is 19.4. The molecule has 1 aliphatic heterocycles. The van der Waals surface area contributed by atoms with E-state index in [0.717, 1.165) is 25.9 Å². The molecule has 0 bridgehead atoms. The van der Waals surface area contributed by atoms with Crippen molar-refractivity contribution < 1.29 is 1.43 Å². The third-order valence-corrected chi connectivity index (χ3v) is 11.2. The molecule has 4 nitrogen and oxygen atoms in total. The van der Waals surface area contributed by atoms with E-state index in [0.29, 0.717) is 12.1 Å². The number of rotatable bonds is 38. The van der Waals surface area contributed by atoms with Crippen molar-refractivity contribution in [1.82, 2.24) is 20.0 Å². The smallest absolute Gasteiger partial charge is 0.0349 e. The zero-order valence-electron chi connectivity index (χ0n) is 38.7. The number of nitrogens with one attached hydrogen (secondary N) is 1. The average Bonchev–Trinajstić information content (AvgIpc) is 3.19. The Hall–Kier alpha value is -1.20. The highest BCUT2D eigenvalue weighted by Gasteiger charge is 2.27. The first-order chi connectivity index (χ1) is 27.1. The second-order valence-corrected chi connectivity index (χ2v) is 16.6. The van der Waals surface area contributed by atoms with E-state index in [1.807, 2.05) is 13.8 Å². The van der Waals surface area contributed by atoms with Gasteiger partial charge in [-0.1, -0.05) is 173 Å². The molecule has 1 fully saturated rings. The summed E-state index contributed by atoms with van der Waals surface area (Å²) in [5.74, 6) is 0. The molecule has 1 atom stereocenters. The molecule has 0 aliphatic carbocycles. The number of allylic oxidation sites excluding steroid dienone is 8. The number of piperazine rings is 1. The number of hydrogen-bond donors (Lipinski definition) is 1. The summed E-state index contributed by atoms with van der Waals surface area (Å²) in [5.41, 5.74) is 0. The first kappa shape index (κ1) is 53.8. The topological polar surface area (TPSA) is 21.8 Å². The predicted molar refractivity (Wildman–Crippen MR) is 254 cm³/mol. The zero-order valence-corrected chi connectivity index (χ0v) is 38.7. The van der Waals surface area contributed by atoms with Crippen molar-refractivity contribution in [2.75, 3.05) is 59.9 Å². The van der Waals surface area contributed by atoms with Gasteiger partial charge in [0.2, 0.25) is 0 Å². The molecule has 326 valence electrons. The molecular weight excluding hydrogens is 669 g/mol. The summed E-state index contributed by atoms with van der Waals surface area (Å²) in [5, 5.41) is 4.17. The molecular formula is C51H102N4. The molecule has 0 spiro atoms. The third-order valence-electron chi connectivity index (χ3n) is 11.2. The molecule has 1 saturated heterocycles. The molecule has 0 saturated carbocycles. The van der Waals surface area contributed by atoms with Gasteiger partial charge in [0.1, 0.15) is 0 Å². The van der Waals surface area contributed by atoms with Crippen molar-refractivity contribution in [2.24, 2.45) is 0 Å². The monoisotopic (exact) mass is 771 g/mol. The minimum Gasteiger partial charge on any atom is -0.312 e. The Morgan fingerprint density at radius 3 is 1.42 bits per heavy atom. The Bertz CT molecular complexity index is 820. The van der Waals surface area contributed by atoms with E-state index >= 15 is 0 Å². The van der Waals surface area contributed by atoms with Gasteiger partial charge in [-0.15, -0.1) is 0 Å². The molecule has 1 unspecified atom stereocenters. The molecule has 4 heteroatoms. The van der Waals surface area contributed by atoms with Gasteiger partial charge < -0.3 is 15.1 Å². The van der Waals surface area contributed by atoms with Crippen LogP contribution in [-0.2, 0) is 0 Å². The molecule has 1 heterocycles. The highest BCUT2D eigenvalue weighted by atomic mass is 15.3. The number of unbranched alkanes of at least 4 members (excludes halogenated alkanes) is 18. The van der Waals surface area contributed by atoms with Gasteiger partial charge in [-0.2, -0.15) is 0 Å². The van der Waals surface area contributed by atoms with E-state index in [2.05, 4.69) is 103 Å². The van der Waals surface area contributed by atoms with Crippen molar-refractivity contribution in [3.05, 3.63) is 48.6 Å². The van der Waals surface area contributed by atoms with Gasteiger partial charge in [-0.3, -0.25) is 4.90 Å². The summed E-state index contributed by atoms with van der Waals surface area (Å²) >= 11 is 0. The largest absolute Gasteiger partial charge is 0.312 e. The molecule has 0 radical (unpaired) electrons. The summed E-state index contributed by atoms with van der Waals surface area (Å²) in [4.78, 5) is 7.86. The van der Waals surface area contributed by atoms with Crippen LogP contribution in [-0.4, -0.2) is 86.7 Å². The van der Waals surface area contributed by atoms with Gasteiger partial charge in [-0.05, 0) is 104 Å². The molecule has 55 heavy (non-hydrogen) atoms. The lowest BCUT2D eigenvalue weighted by atomic mass is 9.99. The van der Waals surface area contributed by atoms with E-state index in [4.69, 9.17) is 0 Å². The first-order valence-electron chi connectivity index (χ1n) is 24.5. The summed E-state index contributed by atoms with van der Waals surface area (Å²) < 4.78 is 0. The van der Waals surface area contributed by atoms with Crippen LogP contribution in [0.15, 0.2) is 48.6 Å². The van der Waals surface area contributed by atoms with Gasteiger partial charge in [0.05, 0.1) is 0 Å². The molecule has 0 amide bonds. The maximum Gasteiger partial charge on any atom is 0.0349 e. The maximum atomic E-state index is 4.17. The third kappa shape index (κ3) is 36.9. The van der Waals surface area contributed by atoms with Crippen LogP contribution in [0.4, 0.5) is 0 Å². The van der Waals surface area contributed by atoms with Crippen LogP contribution < -0.4 is 5.32 Å². The molecule has 0 aromatic carbocycles. The van der Waals surface area contributed by atoms with Crippen LogP contribution in [0.25, 0.3) is 0 Å². The second kappa shape index (κ2) is 43.9. The predicted octanol–water partition coefficient (Wildman–Crippen LogP) is 14.6. The van der Waals surface area contributed by atoms with E-state index in [-0.39, 0.29) is 1.43 Å². The van der Waals surface area contributed by atoms with Crippen molar-refractivity contribution in [2.45, 2.75) is 220 Å². The SMILES string of the molecule is CC.CCCCC/C=C\C/C=C\CCCCCCCCC(CCCCCCCC/C=C\C/C=C\CCCCC)NCC1CN(CCC)CCN1CCN(C)C.[HH]. The lowest BCUT2D eigenvalue weighted by molar-refractivity contribution is 0.0669. The van der Waals surface area contributed by atoms with Crippen LogP contribution in [0.2, 0.25) is 0 Å². The van der Waals surface area contributed by atoms with Crippen LogP contribution in [0.5, 0.6) is 0 Å². The molecule has 1 rings (SSSR count). The Morgan fingerprint density at radius 2 is 0.982 bits per heavy atom. The van der Waals surface area contributed by atoms with E-state index in [1.165, 1.54) is 193 Å². The first-order valence-corrected chi connectivity index (χ1v) is 24.5. The minimum absolute atomic E-state index is 0. The van der Waals surface area contributed by atoms with Gasteiger partial charge in [0.25, 0.3) is 0 Å². The molecule has 1 N–H and O–H groups in total. The van der Waals surface area contributed by atoms with Crippen molar-refractivity contribution >= 4 is 0 Å². The summed E-state index contributed by atoms with van der Waals surface area (Å²) in [7, 11) is 4.44. The lowest BCUT2D eigenvalue weighted by Crippen LogP contribution is -2.58. The second-order valence-electron chi connectivity index (χ2n) is 16.6. The highest BCUT2D eigenvalue weighted by molar-refractivity contribution is 4.93. The highest BCUT2D eigenvalue weighted by Crippen LogP contribution is 2.17. The molecule has 1 aliphatic rings. The summed E-state index contributed by atoms with van der Waals surface area (Å²) in [6.07, 6.45) is 55.0. The fraction of sp³-hybridized carbons (Fsp3) is 0.843. The van der Waals surface area contributed by atoms with Crippen LogP contribution in [0.1, 0.15) is 209 Å². The minimum atomic E-state index is 0. The van der Waals surface area contributed by atoms with Crippen molar-refractivity contribution in [3.8, 4) is 0 Å². The Morgan fingerprint density at radius 1 is 0.545 bits per heavy atom. The fourth-order valence-electron chi connectivity index (χ4n) is 7.70. The van der Waals surface area contributed by atoms with Gasteiger partial charge in [-0.25, -0.2) is 0 Å². The number of likely N-dealkylation sites (N-methyl/N-ethyl adjacent to an activating group) is 1. The van der Waals surface area contributed by atoms with Crippen LogP contribution in [0, 0.1) is 0 Å². The summed E-state index contributed by atoms with van der Waals surface area (Å²) in [6, 6.07) is 1.33. The van der Waals surface area contributed by atoms with Gasteiger partial charge in [0.15, 0.2) is 0 Å². The molecule has 0 aromatic rings. The lowest BCUT2D eigenvalue weighted by Gasteiger charge is -2.42. The standard InChI is InChI=1S/C49H94N4.C2H6.H2/c1-6-9-11-13-15-17-19-21-23-25-27-29-31-33-35-37-39-48(50-46-49-47-52(41-8-3)43-45-53(49)44-42-51(4)5)40-38-36-34-32-30-28-26-24-22-20-18-16-14-12-10-7-2;1-2;/h15-18,21-24,48-50H,6-14,19-20,25-47H2,1-5H3;1-2H3;1H/b17-15-,18-16-,23-21-,24-22-;;. The van der Waals surface area contributed by atoms with E-state index in [9.17, 15) is 0 Å². The van der Waals surface area contributed by atoms with Crippen molar-refractivity contribution in [3.63, 3.8) is 0 Å². The average molecular weight is 771 g/mol. The normalized spacial score (nSPS) is 15.9. The Balaban J connectivity index is 0. The zero-order chi connectivity index (χ0) is 40.3.